The van der Waals surface area contributed by atoms with Gasteiger partial charge in [0.2, 0.25) is 15.9 Å². The zero-order valence-corrected chi connectivity index (χ0v) is 20.1. The number of carbonyl (C=O) groups is 1. The predicted octanol–water partition coefficient (Wildman–Crippen LogP) is 4.52. The Morgan fingerprint density at radius 2 is 1.65 bits per heavy atom. The molecule has 2 aromatic rings. The average molecular weight is 443 g/mol. The lowest BCUT2D eigenvalue weighted by atomic mass is 9.89. The number of amides is 1. The molecule has 1 atom stereocenters. The first kappa shape index (κ1) is 23.3. The highest BCUT2D eigenvalue weighted by Gasteiger charge is 2.25. The Balaban J connectivity index is 1.82. The van der Waals surface area contributed by atoms with E-state index in [0.717, 1.165) is 47.8 Å². The van der Waals surface area contributed by atoms with Gasteiger partial charge in [-0.2, -0.15) is 0 Å². The number of hydrogen-bond donors (Lipinski definition) is 1. The molecule has 0 saturated carbocycles. The zero-order chi connectivity index (χ0) is 22.8. The van der Waals surface area contributed by atoms with Gasteiger partial charge in [-0.05, 0) is 80.7 Å². The topological polar surface area (TPSA) is 66.5 Å². The van der Waals surface area contributed by atoms with Crippen LogP contribution in [-0.4, -0.2) is 27.1 Å². The van der Waals surface area contributed by atoms with Crippen molar-refractivity contribution in [3.8, 4) is 0 Å². The summed E-state index contributed by atoms with van der Waals surface area (Å²) < 4.78 is 26.4. The standard InChI is InChI=1S/C25H34N2O3S/c1-6-23(22-12-11-20-9-7-8-10-21(20)15-22)26-24(28)16-27(31(5,29)30)25-18(3)13-17(2)14-19(25)4/h11-15,23H,6-10,16H2,1-5H3,(H,26,28). The van der Waals surface area contributed by atoms with E-state index in [9.17, 15) is 13.2 Å². The number of carbonyl (C=O) groups excluding carboxylic acids is 1. The third-order valence-corrected chi connectivity index (χ3v) is 7.20. The molecule has 0 bridgehead atoms. The number of sulfonamides is 1. The normalized spacial score (nSPS) is 14.6. The summed E-state index contributed by atoms with van der Waals surface area (Å²) in [6.45, 7) is 7.55. The second-order valence-corrected chi connectivity index (χ2v) is 10.7. The van der Waals surface area contributed by atoms with E-state index in [2.05, 4.69) is 23.5 Å². The first-order valence-corrected chi connectivity index (χ1v) is 12.9. The smallest absolute Gasteiger partial charge is 0.241 e. The van der Waals surface area contributed by atoms with Crippen LogP contribution in [0.5, 0.6) is 0 Å². The molecule has 6 heteroatoms. The van der Waals surface area contributed by atoms with E-state index >= 15 is 0 Å². The fourth-order valence-electron chi connectivity index (χ4n) is 4.69. The molecular formula is C25H34N2O3S. The molecule has 168 valence electrons. The third-order valence-electron chi connectivity index (χ3n) is 6.09. The number of hydrogen-bond acceptors (Lipinski definition) is 3. The molecule has 0 saturated heterocycles. The predicted molar refractivity (Wildman–Crippen MR) is 127 cm³/mol. The summed E-state index contributed by atoms with van der Waals surface area (Å²) in [6.07, 6.45) is 6.54. The van der Waals surface area contributed by atoms with E-state index in [-0.39, 0.29) is 18.5 Å². The third kappa shape index (κ3) is 5.48. The van der Waals surface area contributed by atoms with Crippen molar-refractivity contribution in [1.29, 1.82) is 0 Å². The van der Waals surface area contributed by atoms with Crippen LogP contribution < -0.4 is 9.62 Å². The van der Waals surface area contributed by atoms with Gasteiger partial charge in [0.25, 0.3) is 0 Å². The van der Waals surface area contributed by atoms with Crippen LogP contribution in [-0.2, 0) is 27.7 Å². The van der Waals surface area contributed by atoms with E-state index < -0.39 is 10.0 Å². The molecule has 31 heavy (non-hydrogen) atoms. The molecule has 0 radical (unpaired) electrons. The van der Waals surface area contributed by atoms with Crippen molar-refractivity contribution in [3.05, 3.63) is 63.7 Å². The van der Waals surface area contributed by atoms with Crippen LogP contribution in [0.25, 0.3) is 0 Å². The molecule has 0 aromatic heterocycles. The molecule has 3 rings (SSSR count). The van der Waals surface area contributed by atoms with E-state index in [1.165, 1.54) is 28.3 Å². The van der Waals surface area contributed by atoms with Crippen LogP contribution in [0.2, 0.25) is 0 Å². The molecule has 1 aliphatic carbocycles. The van der Waals surface area contributed by atoms with Crippen LogP contribution >= 0.6 is 0 Å². The summed E-state index contributed by atoms with van der Waals surface area (Å²) in [5, 5.41) is 3.07. The molecule has 1 amide bonds. The summed E-state index contributed by atoms with van der Waals surface area (Å²) in [5.41, 5.74) is 7.21. The Morgan fingerprint density at radius 1 is 1.03 bits per heavy atom. The van der Waals surface area contributed by atoms with Crippen LogP contribution in [0.3, 0.4) is 0 Å². The summed E-state index contributed by atoms with van der Waals surface area (Å²) in [4.78, 5) is 13.0. The highest BCUT2D eigenvalue weighted by molar-refractivity contribution is 7.92. The van der Waals surface area contributed by atoms with Crippen molar-refractivity contribution < 1.29 is 13.2 Å². The van der Waals surface area contributed by atoms with E-state index in [1.807, 2.05) is 39.8 Å². The van der Waals surface area contributed by atoms with Crippen molar-refractivity contribution >= 4 is 21.6 Å². The fraction of sp³-hybridized carbons (Fsp3) is 0.480. The Kier molecular flexibility index (Phi) is 7.10. The van der Waals surface area contributed by atoms with Crippen molar-refractivity contribution in [2.45, 2.75) is 65.8 Å². The lowest BCUT2D eigenvalue weighted by molar-refractivity contribution is -0.120. The first-order valence-electron chi connectivity index (χ1n) is 11.1. The maximum Gasteiger partial charge on any atom is 0.241 e. The lowest BCUT2D eigenvalue weighted by Crippen LogP contribution is -2.42. The van der Waals surface area contributed by atoms with Gasteiger partial charge in [0.05, 0.1) is 18.0 Å². The van der Waals surface area contributed by atoms with Gasteiger partial charge in [-0.15, -0.1) is 0 Å². The SMILES string of the molecule is CCC(NC(=O)CN(c1c(C)cc(C)cc1C)S(C)(=O)=O)c1ccc2c(c1)CCCC2. The Bertz CT molecular complexity index is 1050. The minimum atomic E-state index is -3.62. The second-order valence-electron chi connectivity index (χ2n) is 8.78. The maximum atomic E-state index is 13.0. The van der Waals surface area contributed by atoms with Gasteiger partial charge < -0.3 is 5.32 Å². The highest BCUT2D eigenvalue weighted by atomic mass is 32.2. The quantitative estimate of drug-likeness (QED) is 0.685. The highest BCUT2D eigenvalue weighted by Crippen LogP contribution is 2.29. The van der Waals surface area contributed by atoms with Crippen LogP contribution in [0.1, 0.15) is 65.6 Å². The Labute approximate surface area is 186 Å². The van der Waals surface area contributed by atoms with Gasteiger partial charge in [0, 0.05) is 0 Å². The van der Waals surface area contributed by atoms with E-state index in [1.54, 1.807) is 0 Å². The van der Waals surface area contributed by atoms with Gasteiger partial charge in [-0.3, -0.25) is 9.10 Å². The number of fused-ring (bicyclic) bond motifs is 1. The number of rotatable bonds is 7. The van der Waals surface area contributed by atoms with Gasteiger partial charge in [-0.1, -0.05) is 42.8 Å². The number of nitrogens with zero attached hydrogens (tertiary/aromatic N) is 1. The summed E-state index contributed by atoms with van der Waals surface area (Å²) in [7, 11) is -3.62. The molecule has 0 heterocycles. The monoisotopic (exact) mass is 442 g/mol. The summed E-state index contributed by atoms with van der Waals surface area (Å²) in [6, 6.07) is 10.2. The molecular weight excluding hydrogens is 408 g/mol. The maximum absolute atomic E-state index is 13.0. The van der Waals surface area contributed by atoms with Crippen molar-refractivity contribution in [3.63, 3.8) is 0 Å². The van der Waals surface area contributed by atoms with Crippen molar-refractivity contribution in [2.24, 2.45) is 0 Å². The summed E-state index contributed by atoms with van der Waals surface area (Å²) in [5.74, 6) is -0.297. The number of benzene rings is 2. The molecule has 5 nitrogen and oxygen atoms in total. The number of aryl methyl sites for hydroxylation is 5. The number of anilines is 1. The average Bonchev–Trinajstić information content (AvgIpc) is 2.69. The molecule has 0 fully saturated rings. The van der Waals surface area contributed by atoms with E-state index in [4.69, 9.17) is 0 Å². The first-order chi connectivity index (χ1) is 14.6. The van der Waals surface area contributed by atoms with Gasteiger partial charge in [0.1, 0.15) is 6.54 Å². The number of nitrogens with one attached hydrogen (secondary N) is 1. The Morgan fingerprint density at radius 3 is 2.23 bits per heavy atom. The Hall–Kier alpha value is -2.34. The zero-order valence-electron chi connectivity index (χ0n) is 19.3. The molecule has 2 aromatic carbocycles. The molecule has 1 aliphatic rings. The van der Waals surface area contributed by atoms with E-state index in [0.29, 0.717) is 5.69 Å². The molecule has 0 spiro atoms. The summed E-state index contributed by atoms with van der Waals surface area (Å²) >= 11 is 0. The molecule has 1 unspecified atom stereocenters. The van der Waals surface area contributed by atoms with Gasteiger partial charge in [0.15, 0.2) is 0 Å². The van der Waals surface area contributed by atoms with Gasteiger partial charge in [-0.25, -0.2) is 8.42 Å². The largest absolute Gasteiger partial charge is 0.348 e. The van der Waals surface area contributed by atoms with Gasteiger partial charge >= 0.3 is 0 Å². The minimum absolute atomic E-state index is 0.138. The van der Waals surface area contributed by atoms with Crippen LogP contribution in [0.4, 0.5) is 5.69 Å². The second kappa shape index (κ2) is 9.43. The van der Waals surface area contributed by atoms with Crippen molar-refractivity contribution in [2.75, 3.05) is 17.1 Å². The minimum Gasteiger partial charge on any atom is -0.348 e. The molecule has 0 aliphatic heterocycles. The fourth-order valence-corrected chi connectivity index (χ4v) is 5.66. The van der Waals surface area contributed by atoms with Crippen LogP contribution in [0, 0.1) is 20.8 Å². The molecule has 1 N–H and O–H groups in total. The van der Waals surface area contributed by atoms with Crippen molar-refractivity contribution in [1.82, 2.24) is 5.32 Å². The van der Waals surface area contributed by atoms with Crippen LogP contribution in [0.15, 0.2) is 30.3 Å². The lowest BCUT2D eigenvalue weighted by Gasteiger charge is -2.27.